The average Bonchev–Trinajstić information content (AvgIpc) is 3.26. The summed E-state index contributed by atoms with van der Waals surface area (Å²) in [4.78, 5) is 13.3. The summed E-state index contributed by atoms with van der Waals surface area (Å²) in [6.45, 7) is 11.2. The van der Waals surface area contributed by atoms with Gasteiger partial charge in [-0.15, -0.1) is 0 Å². The number of carbonyl (C=O) groups excluding carboxylic acids is 1. The molecule has 2 aliphatic rings. The van der Waals surface area contributed by atoms with Gasteiger partial charge in [0.2, 0.25) is 0 Å². The van der Waals surface area contributed by atoms with E-state index in [0.29, 0.717) is 17.7 Å². The SMILES string of the molecule is CC.CCC(C)C1CCCCC1.Cc1ccc(C(F)(F)F)cc1CN1C(=O)OC(c2cc(C(F)(F)F)cc(C(F)(F)F)c2)C1C. The summed E-state index contributed by atoms with van der Waals surface area (Å²) in [5.41, 5.74) is -4.11. The van der Waals surface area contributed by atoms with Crippen molar-refractivity contribution >= 4 is 6.09 Å². The van der Waals surface area contributed by atoms with Crippen LogP contribution in [-0.4, -0.2) is 17.0 Å². The third-order valence-electron chi connectivity index (χ3n) is 8.45. The molecule has 1 heterocycles. The molecule has 2 aromatic rings. The largest absolute Gasteiger partial charge is 0.439 e. The Hall–Kier alpha value is -2.92. The molecule has 0 radical (unpaired) electrons. The van der Waals surface area contributed by atoms with Crippen molar-refractivity contribution in [1.29, 1.82) is 0 Å². The molecule has 254 valence electrons. The Kier molecular flexibility index (Phi) is 13.2. The molecule has 0 bridgehead atoms. The molecule has 1 amide bonds. The number of cyclic esters (lactones) is 1. The van der Waals surface area contributed by atoms with Crippen LogP contribution in [0, 0.1) is 18.8 Å². The lowest BCUT2D eigenvalue weighted by molar-refractivity contribution is -0.143. The van der Waals surface area contributed by atoms with E-state index in [1.54, 1.807) is 0 Å². The summed E-state index contributed by atoms with van der Waals surface area (Å²) in [7, 11) is 0. The van der Waals surface area contributed by atoms with Gasteiger partial charge in [-0.05, 0) is 72.7 Å². The van der Waals surface area contributed by atoms with E-state index in [-0.39, 0.29) is 18.2 Å². The average molecular weight is 656 g/mol. The molecule has 4 rings (SSSR count). The molecule has 2 fully saturated rings. The third kappa shape index (κ3) is 10.3. The van der Waals surface area contributed by atoms with E-state index in [1.165, 1.54) is 58.4 Å². The van der Waals surface area contributed by atoms with Crippen molar-refractivity contribution in [2.75, 3.05) is 0 Å². The van der Waals surface area contributed by atoms with Crippen molar-refractivity contribution in [3.8, 4) is 0 Å². The smallest absolute Gasteiger partial charge is 0.416 e. The number of carbonyl (C=O) groups is 1. The Bertz CT molecular complexity index is 1220. The number of rotatable bonds is 5. The number of amides is 1. The van der Waals surface area contributed by atoms with Crippen LogP contribution in [0.15, 0.2) is 36.4 Å². The second kappa shape index (κ2) is 15.6. The maximum Gasteiger partial charge on any atom is 0.416 e. The Morgan fingerprint density at radius 1 is 0.822 bits per heavy atom. The van der Waals surface area contributed by atoms with Crippen LogP contribution in [0.25, 0.3) is 0 Å². The number of aryl methyl sites for hydroxylation is 1. The van der Waals surface area contributed by atoms with E-state index in [0.717, 1.165) is 28.9 Å². The molecule has 0 spiro atoms. The van der Waals surface area contributed by atoms with E-state index < -0.39 is 59.0 Å². The minimum atomic E-state index is -5.09. The van der Waals surface area contributed by atoms with Crippen LogP contribution in [0.2, 0.25) is 0 Å². The molecule has 1 aliphatic carbocycles. The molecule has 12 heteroatoms. The molecule has 1 saturated carbocycles. The van der Waals surface area contributed by atoms with Gasteiger partial charge in [0.25, 0.3) is 0 Å². The molecule has 1 saturated heterocycles. The van der Waals surface area contributed by atoms with Crippen LogP contribution >= 0.6 is 0 Å². The van der Waals surface area contributed by atoms with Gasteiger partial charge < -0.3 is 4.74 Å². The van der Waals surface area contributed by atoms with Gasteiger partial charge in [0.05, 0.1) is 22.7 Å². The minimum absolute atomic E-state index is 0.0469. The summed E-state index contributed by atoms with van der Waals surface area (Å²) in [5, 5.41) is 0. The third-order valence-corrected chi connectivity index (χ3v) is 8.45. The Balaban J connectivity index is 0.000000495. The number of halogens is 9. The van der Waals surface area contributed by atoms with E-state index in [9.17, 15) is 44.3 Å². The first-order valence-electron chi connectivity index (χ1n) is 15.3. The van der Waals surface area contributed by atoms with Crippen molar-refractivity contribution in [3.05, 3.63) is 69.8 Å². The van der Waals surface area contributed by atoms with Gasteiger partial charge in [0.15, 0.2) is 0 Å². The van der Waals surface area contributed by atoms with Gasteiger partial charge in [-0.3, -0.25) is 4.90 Å². The summed E-state index contributed by atoms with van der Waals surface area (Å²) in [5.74, 6) is 2.05. The summed E-state index contributed by atoms with van der Waals surface area (Å²) < 4.78 is 123. The van der Waals surface area contributed by atoms with Crippen molar-refractivity contribution in [2.24, 2.45) is 11.8 Å². The highest BCUT2D eigenvalue weighted by molar-refractivity contribution is 5.71. The van der Waals surface area contributed by atoms with Gasteiger partial charge in [0, 0.05) is 6.54 Å². The topological polar surface area (TPSA) is 29.5 Å². The lowest BCUT2D eigenvalue weighted by Crippen LogP contribution is -2.32. The maximum absolute atomic E-state index is 13.2. The van der Waals surface area contributed by atoms with Gasteiger partial charge in [-0.1, -0.05) is 72.3 Å². The fraction of sp³-hybridized carbons (Fsp3) is 0.606. The maximum atomic E-state index is 13.2. The molecule has 3 unspecified atom stereocenters. The minimum Gasteiger partial charge on any atom is -0.439 e. The summed E-state index contributed by atoms with van der Waals surface area (Å²) >= 11 is 0. The van der Waals surface area contributed by atoms with E-state index in [2.05, 4.69) is 13.8 Å². The van der Waals surface area contributed by atoms with Crippen LogP contribution in [0.1, 0.15) is 113 Å². The fourth-order valence-corrected chi connectivity index (χ4v) is 5.54. The monoisotopic (exact) mass is 655 g/mol. The highest BCUT2D eigenvalue weighted by Crippen LogP contribution is 2.41. The fourth-order valence-electron chi connectivity index (χ4n) is 5.54. The molecule has 45 heavy (non-hydrogen) atoms. The first-order valence-corrected chi connectivity index (χ1v) is 15.3. The molecule has 0 aromatic heterocycles. The predicted molar refractivity (Wildman–Crippen MR) is 154 cm³/mol. The van der Waals surface area contributed by atoms with Crippen molar-refractivity contribution < 1.29 is 49.0 Å². The zero-order valence-corrected chi connectivity index (χ0v) is 26.4. The standard InChI is InChI=1S/C21H16F9NO2.C10H20.C2H6/c1-10-3-4-14(19(22,23)24)7-13(10)9-31-11(2)17(33-18(31)32)12-5-15(20(25,26)27)8-16(6-12)21(28,29)30;1-3-9(2)10-7-5-4-6-8-10;1-2/h3-8,11,17H,9H2,1-2H3;9-10H,3-8H2,1-2H3;1-2H3. The normalized spacial score (nSPS) is 20.1. The highest BCUT2D eigenvalue weighted by Gasteiger charge is 2.43. The number of hydrogen-bond donors (Lipinski definition) is 0. The van der Waals surface area contributed by atoms with Crippen LogP contribution in [0.4, 0.5) is 44.3 Å². The molecular formula is C33H42F9NO2. The number of benzene rings is 2. The quantitative estimate of drug-likeness (QED) is 0.300. The molecule has 3 atom stereocenters. The summed E-state index contributed by atoms with van der Waals surface area (Å²) in [6.07, 6.45) is -8.50. The number of hydrogen-bond acceptors (Lipinski definition) is 2. The Morgan fingerprint density at radius 3 is 1.80 bits per heavy atom. The van der Waals surface area contributed by atoms with Crippen molar-refractivity contribution in [3.63, 3.8) is 0 Å². The van der Waals surface area contributed by atoms with Crippen LogP contribution < -0.4 is 0 Å². The van der Waals surface area contributed by atoms with Gasteiger partial charge in [0.1, 0.15) is 6.10 Å². The first kappa shape index (κ1) is 38.3. The molecule has 3 nitrogen and oxygen atoms in total. The van der Waals surface area contributed by atoms with E-state index in [4.69, 9.17) is 4.74 Å². The lowest BCUT2D eigenvalue weighted by Gasteiger charge is -2.26. The predicted octanol–water partition coefficient (Wildman–Crippen LogP) is 11.8. The van der Waals surface area contributed by atoms with E-state index in [1.807, 2.05) is 13.8 Å². The first-order chi connectivity index (χ1) is 20.8. The molecule has 0 N–H and O–H groups in total. The zero-order chi connectivity index (χ0) is 34.3. The van der Waals surface area contributed by atoms with Crippen LogP contribution in [0.3, 0.4) is 0 Å². The number of nitrogens with zero attached hydrogens (tertiary/aromatic N) is 1. The lowest BCUT2D eigenvalue weighted by atomic mass is 9.80. The van der Waals surface area contributed by atoms with E-state index >= 15 is 0 Å². The number of ether oxygens (including phenoxy) is 1. The van der Waals surface area contributed by atoms with Crippen molar-refractivity contribution in [2.45, 2.75) is 117 Å². The molecular weight excluding hydrogens is 613 g/mol. The van der Waals surface area contributed by atoms with Gasteiger partial charge >= 0.3 is 24.6 Å². The zero-order valence-electron chi connectivity index (χ0n) is 26.4. The second-order valence-corrected chi connectivity index (χ2v) is 11.4. The Morgan fingerprint density at radius 2 is 1.33 bits per heavy atom. The highest BCUT2D eigenvalue weighted by atomic mass is 19.4. The van der Waals surface area contributed by atoms with Crippen LogP contribution in [0.5, 0.6) is 0 Å². The number of alkyl halides is 9. The Labute approximate surface area is 259 Å². The van der Waals surface area contributed by atoms with Crippen LogP contribution in [-0.2, 0) is 29.8 Å². The van der Waals surface area contributed by atoms with Gasteiger partial charge in [-0.25, -0.2) is 4.79 Å². The molecule has 2 aromatic carbocycles. The second-order valence-electron chi connectivity index (χ2n) is 11.4. The van der Waals surface area contributed by atoms with Crippen molar-refractivity contribution in [1.82, 2.24) is 4.90 Å². The molecule has 1 aliphatic heterocycles. The summed E-state index contributed by atoms with van der Waals surface area (Å²) in [6, 6.07) is 2.70. The van der Waals surface area contributed by atoms with Gasteiger partial charge in [-0.2, -0.15) is 39.5 Å².